The van der Waals surface area contributed by atoms with Crippen LogP contribution in [0.5, 0.6) is 0 Å². The van der Waals surface area contributed by atoms with Gasteiger partial charge in [0.25, 0.3) is 0 Å². The Balaban J connectivity index is 1.37. The van der Waals surface area contributed by atoms with Crippen LogP contribution in [0.1, 0.15) is 42.8 Å². The number of rotatable bonds is 4. The van der Waals surface area contributed by atoms with Crippen LogP contribution in [-0.4, -0.2) is 43.4 Å². The van der Waals surface area contributed by atoms with E-state index in [1.807, 2.05) is 30.3 Å². The molecule has 1 aliphatic heterocycles. The third-order valence-corrected chi connectivity index (χ3v) is 4.67. The van der Waals surface area contributed by atoms with Crippen molar-refractivity contribution in [2.24, 2.45) is 0 Å². The van der Waals surface area contributed by atoms with Crippen molar-refractivity contribution in [3.05, 3.63) is 42.0 Å². The summed E-state index contributed by atoms with van der Waals surface area (Å²) in [5.74, 6) is 3.14. The van der Waals surface area contributed by atoms with Gasteiger partial charge in [0.15, 0.2) is 5.82 Å². The molecule has 5 rings (SSSR count). The second-order valence-corrected chi connectivity index (χ2v) is 6.42. The summed E-state index contributed by atoms with van der Waals surface area (Å²) in [7, 11) is 0. The van der Waals surface area contributed by atoms with E-state index in [2.05, 4.69) is 30.6 Å². The lowest BCUT2D eigenvalue weighted by atomic mass is 10.1. The van der Waals surface area contributed by atoms with E-state index in [0.29, 0.717) is 5.92 Å². The number of nitrogens with zero attached hydrogens (tertiary/aromatic N) is 7. The van der Waals surface area contributed by atoms with Crippen molar-refractivity contribution in [2.75, 3.05) is 18.0 Å². The van der Waals surface area contributed by atoms with Gasteiger partial charge in [-0.3, -0.25) is 0 Å². The first kappa shape index (κ1) is 13.6. The van der Waals surface area contributed by atoms with E-state index < -0.39 is 0 Å². The number of hydrogen-bond donors (Lipinski definition) is 0. The largest absolute Gasteiger partial charge is 0.339 e. The van der Waals surface area contributed by atoms with Gasteiger partial charge < -0.3 is 9.42 Å². The molecule has 2 fully saturated rings. The third kappa shape index (κ3) is 2.34. The molecule has 1 atom stereocenters. The van der Waals surface area contributed by atoms with Crippen LogP contribution < -0.4 is 4.90 Å². The van der Waals surface area contributed by atoms with Gasteiger partial charge in [-0.1, -0.05) is 28.5 Å². The minimum absolute atomic E-state index is 0.242. The molecule has 0 bridgehead atoms. The lowest BCUT2D eigenvalue weighted by Gasteiger charge is -2.16. The highest BCUT2D eigenvalue weighted by atomic mass is 16.5. The van der Waals surface area contributed by atoms with E-state index in [-0.39, 0.29) is 5.92 Å². The van der Waals surface area contributed by atoms with Crippen molar-refractivity contribution in [3.63, 3.8) is 0 Å². The van der Waals surface area contributed by atoms with E-state index in [1.165, 1.54) is 12.8 Å². The maximum absolute atomic E-state index is 5.48. The highest BCUT2D eigenvalue weighted by Crippen LogP contribution is 2.39. The summed E-state index contributed by atoms with van der Waals surface area (Å²) >= 11 is 0. The standard InChI is InChI=1S/C16H17N7O/c1-2-4-13(5-3-1)23-16(18-20-21-23)22-9-8-12(10-22)15-17-14(19-24-15)11-6-7-11/h1-5,11-12H,6-10H2. The molecule has 8 nitrogen and oxygen atoms in total. The molecule has 0 N–H and O–H groups in total. The predicted molar refractivity (Wildman–Crippen MR) is 85.0 cm³/mol. The molecule has 24 heavy (non-hydrogen) atoms. The number of hydrogen-bond acceptors (Lipinski definition) is 7. The SMILES string of the molecule is c1ccc(-n2nnnc2N2CCC(c3nc(C4CC4)no3)C2)cc1. The summed E-state index contributed by atoms with van der Waals surface area (Å²) in [5, 5.41) is 16.3. The maximum atomic E-state index is 5.48. The zero-order valence-corrected chi connectivity index (χ0v) is 13.1. The van der Waals surface area contributed by atoms with Gasteiger partial charge >= 0.3 is 0 Å². The van der Waals surface area contributed by atoms with Crippen molar-refractivity contribution in [2.45, 2.75) is 31.1 Å². The van der Waals surface area contributed by atoms with E-state index >= 15 is 0 Å². The smallest absolute Gasteiger partial charge is 0.250 e. The van der Waals surface area contributed by atoms with Crippen LogP contribution in [0.15, 0.2) is 34.9 Å². The van der Waals surface area contributed by atoms with Gasteiger partial charge in [-0.05, 0) is 41.8 Å². The number of para-hydroxylation sites is 1. The quantitative estimate of drug-likeness (QED) is 0.725. The second kappa shape index (κ2) is 5.40. The number of anilines is 1. The van der Waals surface area contributed by atoms with E-state index in [9.17, 15) is 0 Å². The number of tetrazole rings is 1. The Morgan fingerprint density at radius 3 is 2.75 bits per heavy atom. The zero-order valence-electron chi connectivity index (χ0n) is 13.1. The van der Waals surface area contributed by atoms with E-state index in [4.69, 9.17) is 4.52 Å². The molecule has 1 saturated carbocycles. The molecule has 1 saturated heterocycles. The molecular formula is C16H17N7O. The number of benzene rings is 1. The van der Waals surface area contributed by atoms with Crippen LogP contribution in [0.3, 0.4) is 0 Å². The summed E-state index contributed by atoms with van der Waals surface area (Å²) in [6.45, 7) is 1.67. The van der Waals surface area contributed by atoms with Crippen molar-refractivity contribution >= 4 is 5.95 Å². The molecular weight excluding hydrogens is 306 g/mol. The Hall–Kier alpha value is -2.77. The minimum Gasteiger partial charge on any atom is -0.339 e. The van der Waals surface area contributed by atoms with E-state index in [1.54, 1.807) is 4.68 Å². The normalized spacial score (nSPS) is 20.7. The Morgan fingerprint density at radius 2 is 1.92 bits per heavy atom. The molecule has 1 aliphatic carbocycles. The third-order valence-electron chi connectivity index (χ3n) is 4.67. The molecule has 2 aromatic heterocycles. The number of aromatic nitrogens is 6. The summed E-state index contributed by atoms with van der Waals surface area (Å²) in [6.07, 6.45) is 3.33. The fraction of sp³-hybridized carbons (Fsp3) is 0.438. The lowest BCUT2D eigenvalue weighted by molar-refractivity contribution is 0.355. The van der Waals surface area contributed by atoms with Crippen molar-refractivity contribution in [1.29, 1.82) is 0 Å². The van der Waals surface area contributed by atoms with Crippen molar-refractivity contribution in [3.8, 4) is 5.69 Å². The summed E-state index contributed by atoms with van der Waals surface area (Å²) in [5.41, 5.74) is 0.953. The van der Waals surface area contributed by atoms with E-state index in [0.717, 1.165) is 42.9 Å². The van der Waals surface area contributed by atoms with Crippen molar-refractivity contribution < 1.29 is 4.52 Å². The molecule has 2 aliphatic rings. The first-order valence-electron chi connectivity index (χ1n) is 8.31. The average molecular weight is 323 g/mol. The predicted octanol–water partition coefficient (Wildman–Crippen LogP) is 1.92. The molecule has 122 valence electrons. The van der Waals surface area contributed by atoms with Gasteiger partial charge in [-0.2, -0.15) is 9.67 Å². The van der Waals surface area contributed by atoms with Gasteiger partial charge in [0.2, 0.25) is 11.8 Å². The Morgan fingerprint density at radius 1 is 1.04 bits per heavy atom. The zero-order chi connectivity index (χ0) is 15.9. The van der Waals surface area contributed by atoms with Crippen LogP contribution in [0.25, 0.3) is 5.69 Å². The Kier molecular flexibility index (Phi) is 3.07. The highest BCUT2D eigenvalue weighted by molar-refractivity contribution is 5.41. The molecule has 1 aromatic carbocycles. The van der Waals surface area contributed by atoms with Crippen molar-refractivity contribution in [1.82, 2.24) is 30.3 Å². The fourth-order valence-electron chi connectivity index (χ4n) is 3.18. The molecule has 0 spiro atoms. The van der Waals surface area contributed by atoms with Crippen LogP contribution in [0, 0.1) is 0 Å². The van der Waals surface area contributed by atoms with Gasteiger partial charge in [0.1, 0.15) is 0 Å². The Labute approximate surface area is 138 Å². The highest BCUT2D eigenvalue weighted by Gasteiger charge is 2.34. The van der Waals surface area contributed by atoms with Crippen LogP contribution in [0.2, 0.25) is 0 Å². The molecule has 1 unspecified atom stereocenters. The summed E-state index contributed by atoms with van der Waals surface area (Å²) in [4.78, 5) is 6.77. The van der Waals surface area contributed by atoms with Gasteiger partial charge in [0, 0.05) is 19.0 Å². The average Bonchev–Trinajstić information content (AvgIpc) is 3.08. The second-order valence-electron chi connectivity index (χ2n) is 6.42. The van der Waals surface area contributed by atoms with Crippen LogP contribution in [-0.2, 0) is 0 Å². The maximum Gasteiger partial charge on any atom is 0.250 e. The minimum atomic E-state index is 0.242. The summed E-state index contributed by atoms with van der Waals surface area (Å²) < 4.78 is 7.25. The molecule has 3 aromatic rings. The van der Waals surface area contributed by atoms with Gasteiger partial charge in [0.05, 0.1) is 11.6 Å². The molecule has 0 radical (unpaired) electrons. The Bertz CT molecular complexity index is 839. The monoisotopic (exact) mass is 323 g/mol. The first-order chi connectivity index (χ1) is 11.9. The van der Waals surface area contributed by atoms with Crippen LogP contribution in [0.4, 0.5) is 5.95 Å². The molecule has 8 heteroatoms. The fourth-order valence-corrected chi connectivity index (χ4v) is 3.18. The van der Waals surface area contributed by atoms with Crippen LogP contribution >= 0.6 is 0 Å². The molecule has 3 heterocycles. The topological polar surface area (TPSA) is 85.8 Å². The molecule has 0 amide bonds. The van der Waals surface area contributed by atoms with Gasteiger partial charge in [-0.15, -0.1) is 0 Å². The summed E-state index contributed by atoms with van der Waals surface area (Å²) in [6, 6.07) is 9.92. The first-order valence-corrected chi connectivity index (χ1v) is 8.31. The van der Waals surface area contributed by atoms with Gasteiger partial charge in [-0.25, -0.2) is 0 Å². The lowest BCUT2D eigenvalue weighted by Crippen LogP contribution is -2.23.